The molecule has 0 saturated heterocycles. The molecule has 1 aliphatic heterocycles. The first-order valence-corrected chi connectivity index (χ1v) is 8.20. The SMILES string of the molecule is CC(NC(=O)CN1Cc2c(ccnc2C(N)=O)NC1=O)c1ncc(F)cc1F. The first kappa shape index (κ1) is 19.1. The second-order valence-corrected chi connectivity index (χ2v) is 6.15. The molecule has 0 aromatic carbocycles. The molecule has 0 bridgehead atoms. The summed E-state index contributed by atoms with van der Waals surface area (Å²) in [4.78, 5) is 44.7. The van der Waals surface area contributed by atoms with Crippen LogP contribution in [0.2, 0.25) is 0 Å². The van der Waals surface area contributed by atoms with Crippen molar-refractivity contribution in [1.29, 1.82) is 0 Å². The predicted octanol–water partition coefficient (Wildman–Crippen LogP) is 1.08. The molecular weight excluding hydrogens is 374 g/mol. The van der Waals surface area contributed by atoms with Crippen molar-refractivity contribution < 1.29 is 23.2 Å². The maximum atomic E-state index is 13.8. The maximum absolute atomic E-state index is 13.8. The fourth-order valence-electron chi connectivity index (χ4n) is 2.84. The van der Waals surface area contributed by atoms with Gasteiger partial charge < -0.3 is 21.3 Å². The standard InChI is InChI=1S/C17H16F2N6O3/c1-8(14-11(19)4-9(18)5-22-14)23-13(26)7-25-6-10-12(24-17(25)28)2-3-21-15(10)16(20)27/h2-5,8H,6-7H2,1H3,(H2,20,27)(H,23,26)(H,24,28). The van der Waals surface area contributed by atoms with Crippen molar-refractivity contribution in [2.24, 2.45) is 5.73 Å². The zero-order valence-corrected chi connectivity index (χ0v) is 14.7. The normalized spacial score (nSPS) is 14.1. The van der Waals surface area contributed by atoms with Gasteiger partial charge in [-0.05, 0) is 13.0 Å². The number of hydrogen-bond donors (Lipinski definition) is 3. The largest absolute Gasteiger partial charge is 0.364 e. The molecule has 0 aliphatic carbocycles. The summed E-state index contributed by atoms with van der Waals surface area (Å²) in [6.45, 7) is 1.05. The van der Waals surface area contributed by atoms with Gasteiger partial charge in [0, 0.05) is 17.8 Å². The first-order valence-electron chi connectivity index (χ1n) is 8.20. The van der Waals surface area contributed by atoms with Gasteiger partial charge in [-0.3, -0.25) is 19.6 Å². The van der Waals surface area contributed by atoms with Crippen LogP contribution in [0.25, 0.3) is 0 Å². The fraction of sp³-hybridized carbons (Fsp3) is 0.235. The number of anilines is 1. The van der Waals surface area contributed by atoms with Gasteiger partial charge in [0.05, 0.1) is 30.2 Å². The van der Waals surface area contributed by atoms with Crippen LogP contribution in [0.3, 0.4) is 0 Å². The number of hydrogen-bond acceptors (Lipinski definition) is 5. The third kappa shape index (κ3) is 3.87. The number of nitrogens with two attached hydrogens (primary N) is 1. The third-order valence-electron chi connectivity index (χ3n) is 4.13. The molecular formula is C17H16F2N6O3. The molecule has 1 atom stereocenters. The van der Waals surface area contributed by atoms with Gasteiger partial charge in [0.1, 0.15) is 23.9 Å². The van der Waals surface area contributed by atoms with Crippen molar-refractivity contribution in [3.05, 3.63) is 53.1 Å². The van der Waals surface area contributed by atoms with E-state index in [2.05, 4.69) is 20.6 Å². The number of urea groups is 1. The smallest absolute Gasteiger partial charge is 0.322 e. The molecule has 9 nitrogen and oxygen atoms in total. The summed E-state index contributed by atoms with van der Waals surface area (Å²) < 4.78 is 26.7. The summed E-state index contributed by atoms with van der Waals surface area (Å²) in [5.41, 5.74) is 5.93. The number of carbonyl (C=O) groups is 3. The topological polar surface area (TPSA) is 130 Å². The fourth-order valence-corrected chi connectivity index (χ4v) is 2.84. The molecule has 0 spiro atoms. The number of amides is 4. The van der Waals surface area contributed by atoms with Crippen molar-refractivity contribution in [3.63, 3.8) is 0 Å². The molecule has 11 heteroatoms. The third-order valence-corrected chi connectivity index (χ3v) is 4.13. The highest BCUT2D eigenvalue weighted by molar-refractivity contribution is 5.99. The molecule has 4 amide bonds. The van der Waals surface area contributed by atoms with Crippen LogP contribution >= 0.6 is 0 Å². The van der Waals surface area contributed by atoms with Crippen molar-refractivity contribution in [1.82, 2.24) is 20.2 Å². The van der Waals surface area contributed by atoms with Crippen LogP contribution in [0.15, 0.2) is 24.5 Å². The molecule has 2 aromatic heterocycles. The molecule has 0 fully saturated rings. The van der Waals surface area contributed by atoms with Crippen LogP contribution < -0.4 is 16.4 Å². The molecule has 2 aromatic rings. The molecule has 3 rings (SSSR count). The van der Waals surface area contributed by atoms with E-state index in [1.807, 2.05) is 0 Å². The number of rotatable bonds is 5. The predicted molar refractivity (Wildman–Crippen MR) is 92.9 cm³/mol. The Morgan fingerprint density at radius 3 is 2.82 bits per heavy atom. The molecule has 146 valence electrons. The van der Waals surface area contributed by atoms with Crippen LogP contribution in [0.4, 0.5) is 19.3 Å². The Morgan fingerprint density at radius 1 is 1.39 bits per heavy atom. The van der Waals surface area contributed by atoms with Gasteiger partial charge in [-0.1, -0.05) is 0 Å². The molecule has 3 heterocycles. The molecule has 1 unspecified atom stereocenters. The first-order chi connectivity index (χ1) is 13.3. The van der Waals surface area contributed by atoms with Crippen molar-refractivity contribution >= 4 is 23.5 Å². The zero-order valence-electron chi connectivity index (χ0n) is 14.7. The monoisotopic (exact) mass is 390 g/mol. The van der Waals surface area contributed by atoms with E-state index in [1.54, 1.807) is 0 Å². The van der Waals surface area contributed by atoms with Gasteiger partial charge in [-0.25, -0.2) is 13.6 Å². The van der Waals surface area contributed by atoms with Crippen LogP contribution in [0, 0.1) is 11.6 Å². The summed E-state index contributed by atoms with van der Waals surface area (Å²) >= 11 is 0. The Morgan fingerprint density at radius 2 is 2.14 bits per heavy atom. The lowest BCUT2D eigenvalue weighted by Gasteiger charge is -2.29. The Hall–Kier alpha value is -3.63. The number of pyridine rings is 2. The summed E-state index contributed by atoms with van der Waals surface area (Å²) in [6.07, 6.45) is 2.18. The van der Waals surface area contributed by atoms with Crippen molar-refractivity contribution in [2.45, 2.75) is 19.5 Å². The van der Waals surface area contributed by atoms with Crippen LogP contribution in [0.5, 0.6) is 0 Å². The van der Waals surface area contributed by atoms with E-state index in [0.717, 1.165) is 11.1 Å². The van der Waals surface area contributed by atoms with Gasteiger partial charge in [0.15, 0.2) is 0 Å². The highest BCUT2D eigenvalue weighted by Gasteiger charge is 2.28. The Balaban J connectivity index is 1.70. The molecule has 0 radical (unpaired) electrons. The number of nitrogens with one attached hydrogen (secondary N) is 2. The van der Waals surface area contributed by atoms with Gasteiger partial charge in [-0.2, -0.15) is 0 Å². The average Bonchev–Trinajstić information content (AvgIpc) is 2.61. The van der Waals surface area contributed by atoms with Crippen molar-refractivity contribution in [2.75, 3.05) is 11.9 Å². The Bertz CT molecular complexity index is 968. The number of aromatic nitrogens is 2. The maximum Gasteiger partial charge on any atom is 0.322 e. The average molecular weight is 390 g/mol. The van der Waals surface area contributed by atoms with Gasteiger partial charge in [0.2, 0.25) is 5.91 Å². The number of nitrogens with zero attached hydrogens (tertiary/aromatic N) is 3. The van der Waals surface area contributed by atoms with E-state index in [-0.39, 0.29) is 24.5 Å². The minimum Gasteiger partial charge on any atom is -0.364 e. The second-order valence-electron chi connectivity index (χ2n) is 6.15. The zero-order chi connectivity index (χ0) is 20.4. The Kier molecular flexibility index (Phi) is 5.16. The minimum absolute atomic E-state index is 0.00569. The van der Waals surface area contributed by atoms with Crippen LogP contribution in [-0.2, 0) is 11.3 Å². The van der Waals surface area contributed by atoms with Crippen LogP contribution in [-0.4, -0.2) is 39.3 Å². The van der Waals surface area contributed by atoms with E-state index in [9.17, 15) is 23.2 Å². The van der Waals surface area contributed by atoms with Crippen LogP contribution in [0.1, 0.15) is 34.7 Å². The molecule has 4 N–H and O–H groups in total. The molecule has 0 saturated carbocycles. The number of halogens is 2. The lowest BCUT2D eigenvalue weighted by atomic mass is 10.1. The van der Waals surface area contributed by atoms with E-state index < -0.39 is 35.5 Å². The highest BCUT2D eigenvalue weighted by Crippen LogP contribution is 2.25. The van der Waals surface area contributed by atoms with E-state index in [4.69, 9.17) is 5.73 Å². The quantitative estimate of drug-likeness (QED) is 0.703. The van der Waals surface area contributed by atoms with E-state index in [0.29, 0.717) is 17.3 Å². The van der Waals surface area contributed by atoms with Gasteiger partial charge >= 0.3 is 6.03 Å². The lowest BCUT2D eigenvalue weighted by molar-refractivity contribution is -0.122. The summed E-state index contributed by atoms with van der Waals surface area (Å²) in [5, 5.41) is 5.05. The number of fused-ring (bicyclic) bond motifs is 1. The lowest BCUT2D eigenvalue weighted by Crippen LogP contribution is -2.45. The molecule has 1 aliphatic rings. The summed E-state index contributed by atoms with van der Waals surface area (Å²) in [5.74, 6) is -3.08. The molecule has 28 heavy (non-hydrogen) atoms. The summed E-state index contributed by atoms with van der Waals surface area (Å²) in [7, 11) is 0. The minimum atomic E-state index is -0.894. The number of primary amides is 1. The van der Waals surface area contributed by atoms with E-state index in [1.165, 1.54) is 19.2 Å². The summed E-state index contributed by atoms with van der Waals surface area (Å²) in [6, 6.07) is 0.777. The second kappa shape index (κ2) is 7.55. The van der Waals surface area contributed by atoms with Gasteiger partial charge in [0.25, 0.3) is 5.91 Å². The van der Waals surface area contributed by atoms with Crippen molar-refractivity contribution in [3.8, 4) is 0 Å². The number of carbonyl (C=O) groups excluding carboxylic acids is 3. The van der Waals surface area contributed by atoms with Gasteiger partial charge in [-0.15, -0.1) is 0 Å². The highest BCUT2D eigenvalue weighted by atomic mass is 19.1. The Labute approximate surface area is 157 Å². The van der Waals surface area contributed by atoms with E-state index >= 15 is 0 Å².